The minimum absolute atomic E-state index is 0.243. The number of aromatic nitrogens is 1. The number of hydrogen-bond donors (Lipinski definition) is 2. The van der Waals surface area contributed by atoms with Crippen molar-refractivity contribution in [1.29, 1.82) is 0 Å². The minimum Gasteiger partial charge on any atom is -0.308 e. The lowest BCUT2D eigenvalue weighted by molar-refractivity contribution is 0.251. The van der Waals surface area contributed by atoms with Gasteiger partial charge in [-0.15, -0.1) is 0 Å². The SMILES string of the molecule is NNc1cc(S(=O)(=O)N2CCC(N3CCCC3)C2)ccn1. The third-order valence-corrected chi connectivity index (χ3v) is 6.16. The predicted molar refractivity (Wildman–Crippen MR) is 80.0 cm³/mol. The number of hydrogen-bond acceptors (Lipinski definition) is 6. The van der Waals surface area contributed by atoms with E-state index in [1.807, 2.05) is 0 Å². The second-order valence-corrected chi connectivity index (χ2v) is 7.51. The smallest absolute Gasteiger partial charge is 0.243 e. The van der Waals surface area contributed by atoms with Crippen LogP contribution in [0.1, 0.15) is 19.3 Å². The van der Waals surface area contributed by atoms with Crippen LogP contribution in [0.5, 0.6) is 0 Å². The summed E-state index contributed by atoms with van der Waals surface area (Å²) in [4.78, 5) is 6.60. The molecule has 0 amide bonds. The summed E-state index contributed by atoms with van der Waals surface area (Å²) < 4.78 is 26.9. The van der Waals surface area contributed by atoms with Crippen LogP contribution in [0, 0.1) is 0 Å². The van der Waals surface area contributed by atoms with Gasteiger partial charge in [0, 0.05) is 31.4 Å². The number of pyridine rings is 1. The molecule has 3 rings (SSSR count). The average Bonchev–Trinajstić information content (AvgIpc) is 3.18. The van der Waals surface area contributed by atoms with Crippen molar-refractivity contribution >= 4 is 15.8 Å². The quantitative estimate of drug-likeness (QED) is 0.611. The van der Waals surface area contributed by atoms with Crippen LogP contribution in [0.3, 0.4) is 0 Å². The van der Waals surface area contributed by atoms with Crippen molar-refractivity contribution in [3.8, 4) is 0 Å². The zero-order valence-electron chi connectivity index (χ0n) is 11.9. The van der Waals surface area contributed by atoms with Crippen LogP contribution in [-0.4, -0.2) is 54.8 Å². The Kier molecular flexibility index (Phi) is 4.12. The number of sulfonamides is 1. The van der Waals surface area contributed by atoms with Crippen LogP contribution >= 0.6 is 0 Å². The Hall–Kier alpha value is -1.22. The standard InChI is InChI=1S/C13H21N5O2S/c14-16-13-9-12(3-5-15-13)21(19,20)18-8-4-11(10-18)17-6-1-2-7-17/h3,5,9,11H,1-2,4,6-8,10,14H2,(H,15,16). The van der Waals surface area contributed by atoms with E-state index in [4.69, 9.17) is 5.84 Å². The molecule has 3 N–H and O–H groups in total. The zero-order chi connectivity index (χ0) is 14.9. The number of anilines is 1. The van der Waals surface area contributed by atoms with Crippen molar-refractivity contribution in [3.63, 3.8) is 0 Å². The molecule has 1 unspecified atom stereocenters. The molecule has 2 saturated heterocycles. The van der Waals surface area contributed by atoms with Crippen LogP contribution in [0.4, 0.5) is 5.82 Å². The summed E-state index contributed by atoms with van der Waals surface area (Å²) in [6.07, 6.45) is 4.81. The van der Waals surface area contributed by atoms with Crippen LogP contribution < -0.4 is 11.3 Å². The molecular formula is C13H21N5O2S. The van der Waals surface area contributed by atoms with E-state index in [2.05, 4.69) is 15.3 Å². The summed E-state index contributed by atoms with van der Waals surface area (Å²) in [7, 11) is -3.46. The maximum Gasteiger partial charge on any atom is 0.243 e. The van der Waals surface area contributed by atoms with E-state index in [1.165, 1.54) is 31.2 Å². The molecule has 0 radical (unpaired) electrons. The van der Waals surface area contributed by atoms with Crippen molar-refractivity contribution in [1.82, 2.24) is 14.2 Å². The summed E-state index contributed by atoms with van der Waals surface area (Å²) in [5.74, 6) is 5.65. The first-order valence-corrected chi connectivity index (χ1v) is 8.72. The highest BCUT2D eigenvalue weighted by atomic mass is 32.2. The fourth-order valence-corrected chi connectivity index (χ4v) is 4.64. The van der Waals surface area contributed by atoms with Gasteiger partial charge in [0.1, 0.15) is 5.82 Å². The maximum atomic E-state index is 12.7. The van der Waals surface area contributed by atoms with E-state index in [9.17, 15) is 8.42 Å². The van der Waals surface area contributed by atoms with E-state index in [0.717, 1.165) is 19.5 Å². The Morgan fingerprint density at radius 1 is 1.29 bits per heavy atom. The first-order chi connectivity index (χ1) is 10.1. The Labute approximate surface area is 125 Å². The van der Waals surface area contributed by atoms with Gasteiger partial charge in [-0.25, -0.2) is 19.2 Å². The number of nitrogen functional groups attached to an aromatic ring is 1. The Morgan fingerprint density at radius 2 is 2.05 bits per heavy atom. The Balaban J connectivity index is 1.76. The molecule has 3 heterocycles. The van der Waals surface area contributed by atoms with Crippen LogP contribution in [-0.2, 0) is 10.0 Å². The molecule has 2 aliphatic rings. The van der Waals surface area contributed by atoms with Crippen molar-refractivity contribution in [3.05, 3.63) is 18.3 Å². The largest absolute Gasteiger partial charge is 0.308 e. The van der Waals surface area contributed by atoms with Gasteiger partial charge in [0.15, 0.2) is 0 Å². The monoisotopic (exact) mass is 311 g/mol. The lowest BCUT2D eigenvalue weighted by Crippen LogP contribution is -2.37. The number of nitrogens with zero attached hydrogens (tertiary/aromatic N) is 3. The predicted octanol–water partition coefficient (Wildman–Crippen LogP) is 0.226. The molecule has 116 valence electrons. The number of hydrazine groups is 1. The fourth-order valence-electron chi connectivity index (χ4n) is 3.13. The molecule has 1 aromatic rings. The van der Waals surface area contributed by atoms with Gasteiger partial charge in [0.25, 0.3) is 0 Å². The van der Waals surface area contributed by atoms with Crippen molar-refractivity contribution < 1.29 is 8.42 Å². The molecular weight excluding hydrogens is 290 g/mol. The molecule has 2 aliphatic heterocycles. The van der Waals surface area contributed by atoms with Crippen LogP contribution in [0.15, 0.2) is 23.2 Å². The fraction of sp³-hybridized carbons (Fsp3) is 0.615. The third kappa shape index (κ3) is 2.89. The van der Waals surface area contributed by atoms with Gasteiger partial charge in [-0.3, -0.25) is 4.90 Å². The van der Waals surface area contributed by atoms with Crippen LogP contribution in [0.25, 0.3) is 0 Å². The summed E-state index contributed by atoms with van der Waals surface area (Å²) in [5.41, 5.74) is 2.38. The highest BCUT2D eigenvalue weighted by Gasteiger charge is 2.35. The van der Waals surface area contributed by atoms with Gasteiger partial charge in [0.2, 0.25) is 10.0 Å². The molecule has 8 heteroatoms. The second-order valence-electron chi connectivity index (χ2n) is 5.57. The third-order valence-electron chi connectivity index (χ3n) is 4.30. The van der Waals surface area contributed by atoms with Crippen molar-refractivity contribution in [2.75, 3.05) is 31.6 Å². The lowest BCUT2D eigenvalue weighted by Gasteiger charge is -2.23. The summed E-state index contributed by atoms with van der Waals surface area (Å²) >= 11 is 0. The van der Waals surface area contributed by atoms with Gasteiger partial charge in [0.05, 0.1) is 4.90 Å². The number of nitrogens with two attached hydrogens (primary N) is 1. The molecule has 0 aromatic carbocycles. The Morgan fingerprint density at radius 3 is 2.76 bits per heavy atom. The molecule has 21 heavy (non-hydrogen) atoms. The molecule has 0 saturated carbocycles. The topological polar surface area (TPSA) is 91.6 Å². The zero-order valence-corrected chi connectivity index (χ0v) is 12.7. The molecule has 0 aliphatic carbocycles. The molecule has 0 spiro atoms. The average molecular weight is 311 g/mol. The molecule has 7 nitrogen and oxygen atoms in total. The van der Waals surface area contributed by atoms with E-state index in [-0.39, 0.29) is 4.90 Å². The normalized spacial score (nSPS) is 24.5. The van der Waals surface area contributed by atoms with Gasteiger partial charge < -0.3 is 5.43 Å². The van der Waals surface area contributed by atoms with Gasteiger partial charge in [-0.1, -0.05) is 0 Å². The van der Waals surface area contributed by atoms with Gasteiger partial charge in [-0.05, 0) is 38.4 Å². The first-order valence-electron chi connectivity index (χ1n) is 7.28. The summed E-state index contributed by atoms with van der Waals surface area (Å²) in [6.45, 7) is 3.34. The van der Waals surface area contributed by atoms with Crippen LogP contribution in [0.2, 0.25) is 0 Å². The highest BCUT2D eigenvalue weighted by Crippen LogP contribution is 2.26. The summed E-state index contributed by atoms with van der Waals surface area (Å²) in [5, 5.41) is 0. The van der Waals surface area contributed by atoms with E-state index < -0.39 is 10.0 Å². The molecule has 0 bridgehead atoms. The van der Waals surface area contributed by atoms with Crippen molar-refractivity contribution in [2.24, 2.45) is 5.84 Å². The van der Waals surface area contributed by atoms with Gasteiger partial charge in [-0.2, -0.15) is 4.31 Å². The number of likely N-dealkylation sites (tertiary alicyclic amines) is 1. The maximum absolute atomic E-state index is 12.7. The molecule has 2 fully saturated rings. The Bertz CT molecular complexity index is 600. The lowest BCUT2D eigenvalue weighted by atomic mass is 10.2. The molecule has 1 aromatic heterocycles. The minimum atomic E-state index is -3.46. The van der Waals surface area contributed by atoms with E-state index >= 15 is 0 Å². The van der Waals surface area contributed by atoms with E-state index in [0.29, 0.717) is 24.9 Å². The number of rotatable bonds is 4. The summed E-state index contributed by atoms with van der Waals surface area (Å²) in [6, 6.07) is 3.34. The first kappa shape index (κ1) is 14.7. The molecule has 1 atom stereocenters. The number of nitrogens with one attached hydrogen (secondary N) is 1. The highest BCUT2D eigenvalue weighted by molar-refractivity contribution is 7.89. The van der Waals surface area contributed by atoms with E-state index in [1.54, 1.807) is 4.31 Å². The van der Waals surface area contributed by atoms with Crippen molar-refractivity contribution in [2.45, 2.75) is 30.2 Å². The second kappa shape index (κ2) is 5.88. The van der Waals surface area contributed by atoms with Gasteiger partial charge >= 0.3 is 0 Å².